The summed E-state index contributed by atoms with van der Waals surface area (Å²) < 4.78 is 0. The van der Waals surface area contributed by atoms with Crippen LogP contribution in [-0.4, -0.2) is 37.1 Å². The third-order valence-electron chi connectivity index (χ3n) is 3.30. The zero-order valence-corrected chi connectivity index (χ0v) is 10.2. The van der Waals surface area contributed by atoms with Crippen LogP contribution in [0.4, 0.5) is 5.69 Å². The summed E-state index contributed by atoms with van der Waals surface area (Å²) in [6.07, 6.45) is 0.910. The van der Waals surface area contributed by atoms with Crippen LogP contribution in [0.2, 0.25) is 0 Å². The molecule has 1 amide bonds. The Bertz CT molecular complexity index is 473. The van der Waals surface area contributed by atoms with E-state index in [0.717, 1.165) is 24.2 Å². The minimum absolute atomic E-state index is 0.181. The second kappa shape index (κ2) is 5.08. The summed E-state index contributed by atoms with van der Waals surface area (Å²) >= 11 is 0. The molecule has 0 bridgehead atoms. The van der Waals surface area contributed by atoms with E-state index in [1.54, 1.807) is 0 Å². The first-order valence-electron chi connectivity index (χ1n) is 5.90. The van der Waals surface area contributed by atoms with E-state index in [2.05, 4.69) is 10.2 Å². The molecule has 96 valence electrons. The number of carboxylic acids is 1. The van der Waals surface area contributed by atoms with Crippen molar-refractivity contribution < 1.29 is 14.7 Å². The van der Waals surface area contributed by atoms with Crippen LogP contribution in [0, 0.1) is 0 Å². The van der Waals surface area contributed by atoms with Crippen LogP contribution >= 0.6 is 0 Å². The van der Waals surface area contributed by atoms with Crippen LogP contribution in [0.1, 0.15) is 17.9 Å². The Hall–Kier alpha value is -2.04. The lowest BCUT2D eigenvalue weighted by Gasteiger charge is -2.33. The van der Waals surface area contributed by atoms with Gasteiger partial charge < -0.3 is 15.3 Å². The third-order valence-corrected chi connectivity index (χ3v) is 3.30. The molecule has 0 saturated carbocycles. The fourth-order valence-corrected chi connectivity index (χ4v) is 2.31. The zero-order valence-electron chi connectivity index (χ0n) is 10.2. The summed E-state index contributed by atoms with van der Waals surface area (Å²) in [5.74, 6) is -2.19. The first kappa shape index (κ1) is 12.4. The SMILES string of the molecule is CN1CCC(CNC(=O)C(=O)O)c2ccccc21. The Morgan fingerprint density at radius 3 is 2.89 bits per heavy atom. The number of nitrogens with zero attached hydrogens (tertiary/aromatic N) is 1. The van der Waals surface area contributed by atoms with Crippen LogP contribution < -0.4 is 10.2 Å². The Labute approximate surface area is 105 Å². The summed E-state index contributed by atoms with van der Waals surface area (Å²) in [5, 5.41) is 11.0. The third kappa shape index (κ3) is 2.45. The lowest BCUT2D eigenvalue weighted by atomic mass is 9.90. The largest absolute Gasteiger partial charge is 0.474 e. The highest BCUT2D eigenvalue weighted by Crippen LogP contribution is 2.33. The number of carbonyl (C=O) groups is 2. The number of para-hydroxylation sites is 1. The second-order valence-corrected chi connectivity index (χ2v) is 4.48. The fourth-order valence-electron chi connectivity index (χ4n) is 2.31. The molecule has 5 heteroatoms. The summed E-state index contributed by atoms with van der Waals surface area (Å²) in [4.78, 5) is 23.7. The van der Waals surface area contributed by atoms with Crippen LogP contribution in [0.15, 0.2) is 24.3 Å². The van der Waals surface area contributed by atoms with Crippen LogP contribution in [0.25, 0.3) is 0 Å². The van der Waals surface area contributed by atoms with Crippen molar-refractivity contribution in [2.75, 3.05) is 25.0 Å². The second-order valence-electron chi connectivity index (χ2n) is 4.48. The van der Waals surface area contributed by atoms with Gasteiger partial charge >= 0.3 is 11.9 Å². The van der Waals surface area contributed by atoms with Crippen molar-refractivity contribution >= 4 is 17.6 Å². The highest BCUT2D eigenvalue weighted by Gasteiger charge is 2.23. The van der Waals surface area contributed by atoms with Gasteiger partial charge in [-0.05, 0) is 18.1 Å². The van der Waals surface area contributed by atoms with Gasteiger partial charge in [0.15, 0.2) is 0 Å². The molecule has 0 aliphatic carbocycles. The lowest BCUT2D eigenvalue weighted by Crippen LogP contribution is -2.37. The topological polar surface area (TPSA) is 69.6 Å². The highest BCUT2D eigenvalue weighted by molar-refractivity contribution is 6.31. The summed E-state index contributed by atoms with van der Waals surface area (Å²) in [6.45, 7) is 1.28. The molecule has 0 aromatic heterocycles. The molecule has 5 nitrogen and oxygen atoms in total. The molecule has 1 aromatic carbocycles. The van der Waals surface area contributed by atoms with Crippen molar-refractivity contribution in [2.45, 2.75) is 12.3 Å². The van der Waals surface area contributed by atoms with Crippen molar-refractivity contribution in [3.63, 3.8) is 0 Å². The van der Waals surface area contributed by atoms with E-state index in [9.17, 15) is 9.59 Å². The average Bonchev–Trinajstić information content (AvgIpc) is 2.38. The molecule has 1 atom stereocenters. The Kier molecular flexibility index (Phi) is 3.50. The maximum absolute atomic E-state index is 11.0. The first-order valence-corrected chi connectivity index (χ1v) is 5.90. The maximum atomic E-state index is 11.0. The molecule has 1 aliphatic rings. The normalized spacial score (nSPS) is 18.1. The maximum Gasteiger partial charge on any atom is 0.394 e. The van der Waals surface area contributed by atoms with Gasteiger partial charge in [-0.3, -0.25) is 4.79 Å². The summed E-state index contributed by atoms with van der Waals surface area (Å²) in [7, 11) is 2.03. The quantitative estimate of drug-likeness (QED) is 0.760. The molecule has 1 unspecified atom stereocenters. The van der Waals surface area contributed by atoms with E-state index in [0.29, 0.717) is 6.54 Å². The number of fused-ring (bicyclic) bond motifs is 1. The number of aliphatic carboxylic acids is 1. The number of benzene rings is 1. The van der Waals surface area contributed by atoms with E-state index >= 15 is 0 Å². The number of carbonyl (C=O) groups excluding carboxylic acids is 1. The molecule has 2 N–H and O–H groups in total. The van der Waals surface area contributed by atoms with Gasteiger partial charge in [0.05, 0.1) is 0 Å². The molecule has 0 saturated heterocycles. The number of hydrogen-bond donors (Lipinski definition) is 2. The van der Waals surface area contributed by atoms with Crippen molar-refractivity contribution in [1.29, 1.82) is 0 Å². The van der Waals surface area contributed by atoms with Crippen molar-refractivity contribution in [2.24, 2.45) is 0 Å². The van der Waals surface area contributed by atoms with Gasteiger partial charge in [0.1, 0.15) is 0 Å². The van der Waals surface area contributed by atoms with Crippen molar-refractivity contribution in [3.05, 3.63) is 29.8 Å². The number of nitrogens with one attached hydrogen (secondary N) is 1. The number of carboxylic acid groups (broad SMARTS) is 1. The van der Waals surface area contributed by atoms with Crippen LogP contribution in [0.3, 0.4) is 0 Å². The number of amides is 1. The number of anilines is 1. The molecular weight excluding hydrogens is 232 g/mol. The van der Waals surface area contributed by atoms with E-state index < -0.39 is 11.9 Å². The van der Waals surface area contributed by atoms with Gasteiger partial charge in [-0.2, -0.15) is 0 Å². The predicted octanol–water partition coefficient (Wildman–Crippen LogP) is 0.811. The van der Waals surface area contributed by atoms with E-state index in [1.165, 1.54) is 0 Å². The molecule has 0 spiro atoms. The van der Waals surface area contributed by atoms with Gasteiger partial charge in [0.2, 0.25) is 0 Å². The lowest BCUT2D eigenvalue weighted by molar-refractivity contribution is -0.150. The molecular formula is C13H16N2O3. The van der Waals surface area contributed by atoms with Gasteiger partial charge in [-0.25, -0.2) is 4.79 Å². The molecule has 0 fully saturated rings. The van der Waals surface area contributed by atoms with E-state index in [1.807, 2.05) is 31.3 Å². The number of hydrogen-bond acceptors (Lipinski definition) is 3. The average molecular weight is 248 g/mol. The highest BCUT2D eigenvalue weighted by atomic mass is 16.4. The minimum atomic E-state index is -1.43. The smallest absolute Gasteiger partial charge is 0.394 e. The van der Waals surface area contributed by atoms with Crippen LogP contribution in [0.5, 0.6) is 0 Å². The first-order chi connectivity index (χ1) is 8.59. The molecule has 18 heavy (non-hydrogen) atoms. The zero-order chi connectivity index (χ0) is 13.1. The molecule has 0 radical (unpaired) electrons. The molecule has 1 aromatic rings. The van der Waals surface area contributed by atoms with Gasteiger partial charge in [0.25, 0.3) is 0 Å². The Morgan fingerprint density at radius 1 is 1.44 bits per heavy atom. The Morgan fingerprint density at radius 2 is 2.17 bits per heavy atom. The van der Waals surface area contributed by atoms with E-state index in [-0.39, 0.29) is 5.92 Å². The summed E-state index contributed by atoms with van der Waals surface area (Å²) in [5.41, 5.74) is 2.32. The van der Waals surface area contributed by atoms with Gasteiger partial charge in [0, 0.05) is 31.7 Å². The minimum Gasteiger partial charge on any atom is -0.474 e. The predicted molar refractivity (Wildman–Crippen MR) is 67.7 cm³/mol. The number of rotatable bonds is 2. The molecule has 1 heterocycles. The van der Waals surface area contributed by atoms with E-state index in [4.69, 9.17) is 5.11 Å². The van der Waals surface area contributed by atoms with Gasteiger partial charge in [-0.1, -0.05) is 18.2 Å². The summed E-state index contributed by atoms with van der Waals surface area (Å²) in [6, 6.07) is 8.01. The molecule has 2 rings (SSSR count). The Balaban J connectivity index is 2.09. The molecule has 1 aliphatic heterocycles. The monoisotopic (exact) mass is 248 g/mol. The fraction of sp³-hybridized carbons (Fsp3) is 0.385. The van der Waals surface area contributed by atoms with Crippen LogP contribution in [-0.2, 0) is 9.59 Å². The van der Waals surface area contributed by atoms with Crippen molar-refractivity contribution in [1.82, 2.24) is 5.32 Å². The standard InChI is InChI=1S/C13H16N2O3/c1-15-7-6-9(8-14-12(16)13(17)18)10-4-2-3-5-11(10)15/h2-5,9H,6-8H2,1H3,(H,14,16)(H,17,18). The van der Waals surface area contributed by atoms with Gasteiger partial charge in [-0.15, -0.1) is 0 Å². The van der Waals surface area contributed by atoms with Crippen molar-refractivity contribution in [3.8, 4) is 0 Å².